The molecule has 0 saturated heterocycles. The summed E-state index contributed by atoms with van der Waals surface area (Å²) in [6.07, 6.45) is 33.4. The van der Waals surface area contributed by atoms with Gasteiger partial charge in [-0.1, -0.05) is 235 Å². The van der Waals surface area contributed by atoms with E-state index >= 15 is 0 Å². The minimum absolute atomic E-state index is 0. The molecule has 0 heterocycles. The molecule has 342 valence electrons. The number of unbranched alkanes of at least 4 members (excludes halogenated alkanes) is 3. The second-order valence-corrected chi connectivity index (χ2v) is 11.0. The maximum atomic E-state index is 2.34. The van der Waals surface area contributed by atoms with Crippen LogP contribution in [0.5, 0.6) is 0 Å². The predicted octanol–water partition coefficient (Wildman–Crippen LogP) is 18.5. The lowest BCUT2D eigenvalue weighted by Gasteiger charge is -2.11. The van der Waals surface area contributed by atoms with Crippen LogP contribution in [0.2, 0.25) is 0 Å². The summed E-state index contributed by atoms with van der Waals surface area (Å²) in [5, 5.41) is 0. The zero-order chi connectivity index (χ0) is 41.8. The monoisotopic (exact) mass is 778 g/mol. The van der Waals surface area contributed by atoms with Crippen LogP contribution in [0.25, 0.3) is 0 Å². The van der Waals surface area contributed by atoms with Crippen molar-refractivity contribution in [2.45, 2.75) is 243 Å². The average molecular weight is 779 g/mol. The topological polar surface area (TPSA) is 9.72 Å². The quantitative estimate of drug-likeness (QED) is 0.183. The van der Waals surface area contributed by atoms with Crippen molar-refractivity contribution in [2.75, 3.05) is 60.4 Å². The first-order valence-corrected chi connectivity index (χ1v) is 22.9. The largest absolute Gasteiger partial charge is 0.307 e. The summed E-state index contributed by atoms with van der Waals surface area (Å²) in [6, 6.07) is 0. The van der Waals surface area contributed by atoms with E-state index in [1.807, 2.05) is 83.1 Å². The lowest BCUT2D eigenvalue weighted by molar-refractivity contribution is 0.346. The lowest BCUT2D eigenvalue weighted by atomic mass is 10.3. The van der Waals surface area contributed by atoms with Gasteiger partial charge in [0.1, 0.15) is 0 Å². The van der Waals surface area contributed by atoms with Gasteiger partial charge in [0.25, 0.3) is 0 Å². The third kappa shape index (κ3) is 124. The Morgan fingerprint density at radius 1 is 0.352 bits per heavy atom. The number of hydrogen-bond donors (Lipinski definition) is 0. The van der Waals surface area contributed by atoms with Crippen LogP contribution in [-0.2, 0) is 0 Å². The van der Waals surface area contributed by atoms with Gasteiger partial charge in [-0.15, -0.1) is 0 Å². The molecule has 0 aromatic rings. The van der Waals surface area contributed by atoms with Gasteiger partial charge in [0, 0.05) is 0 Å². The van der Waals surface area contributed by atoms with Gasteiger partial charge in [0.05, 0.1) is 0 Å². The van der Waals surface area contributed by atoms with E-state index in [9.17, 15) is 0 Å². The molecule has 0 bridgehead atoms. The van der Waals surface area contributed by atoms with E-state index in [1.165, 1.54) is 129 Å². The molecule has 0 unspecified atom stereocenters. The number of allylic oxidation sites excluding steroid dienone is 6. The van der Waals surface area contributed by atoms with Crippen molar-refractivity contribution >= 4 is 0 Å². The van der Waals surface area contributed by atoms with Crippen LogP contribution >= 0.6 is 0 Å². The highest BCUT2D eigenvalue weighted by molar-refractivity contribution is 5.12. The highest BCUT2D eigenvalue weighted by Crippen LogP contribution is 2.15. The van der Waals surface area contributed by atoms with Crippen molar-refractivity contribution < 1.29 is 0 Å². The summed E-state index contributed by atoms with van der Waals surface area (Å²) in [7, 11) is 6.49. The van der Waals surface area contributed by atoms with Crippen molar-refractivity contribution in [2.24, 2.45) is 0 Å². The Morgan fingerprint density at radius 2 is 0.574 bits per heavy atom. The second-order valence-electron chi connectivity index (χ2n) is 11.0. The molecular formula is C51H123N3. The van der Waals surface area contributed by atoms with Gasteiger partial charge in [0.15, 0.2) is 0 Å². The van der Waals surface area contributed by atoms with E-state index in [0.717, 1.165) is 6.42 Å². The van der Waals surface area contributed by atoms with Crippen LogP contribution in [0.1, 0.15) is 243 Å². The average Bonchev–Trinajstić information content (AvgIpc) is 4.08. The Balaban J connectivity index is -0.0000000369. The van der Waals surface area contributed by atoms with Gasteiger partial charge in [-0.3, -0.25) is 0 Å². The summed E-state index contributed by atoms with van der Waals surface area (Å²) in [5.41, 5.74) is 0. The summed E-state index contributed by atoms with van der Waals surface area (Å²) in [6.45, 7) is 44.6. The molecule has 0 aliphatic heterocycles. The van der Waals surface area contributed by atoms with Gasteiger partial charge < -0.3 is 14.7 Å². The number of hydrogen-bond acceptors (Lipinski definition) is 3. The first-order valence-electron chi connectivity index (χ1n) is 22.9. The molecule has 0 atom stereocenters. The summed E-state index contributed by atoms with van der Waals surface area (Å²) < 4.78 is 0. The summed E-state index contributed by atoms with van der Waals surface area (Å²) in [4.78, 5) is 7.01. The van der Waals surface area contributed by atoms with Gasteiger partial charge in [-0.2, -0.15) is 0 Å². The van der Waals surface area contributed by atoms with Crippen LogP contribution in [0.15, 0.2) is 36.5 Å². The van der Waals surface area contributed by atoms with Gasteiger partial charge in [0.2, 0.25) is 0 Å². The Kier molecular flexibility index (Phi) is 174. The normalized spacial score (nSPS) is 11.1. The Labute approximate surface area is 353 Å². The molecule has 3 aliphatic carbocycles. The van der Waals surface area contributed by atoms with Crippen LogP contribution in [-0.4, -0.2) is 75.1 Å². The lowest BCUT2D eigenvalue weighted by Crippen LogP contribution is -2.18. The fourth-order valence-corrected chi connectivity index (χ4v) is 3.62. The minimum Gasteiger partial charge on any atom is -0.307 e. The van der Waals surface area contributed by atoms with Gasteiger partial charge in [-0.05, 0) is 105 Å². The molecule has 54 heavy (non-hydrogen) atoms. The molecule has 1 fully saturated rings. The van der Waals surface area contributed by atoms with E-state index in [0.29, 0.717) is 0 Å². The van der Waals surface area contributed by atoms with E-state index in [2.05, 4.69) is 114 Å². The third-order valence-electron chi connectivity index (χ3n) is 7.11. The fourth-order valence-electron chi connectivity index (χ4n) is 3.62. The van der Waals surface area contributed by atoms with Crippen molar-refractivity contribution in [3.63, 3.8) is 0 Å². The minimum atomic E-state index is 0. The van der Waals surface area contributed by atoms with E-state index in [-0.39, 0.29) is 22.3 Å². The molecule has 3 nitrogen and oxygen atoms in total. The summed E-state index contributed by atoms with van der Waals surface area (Å²) in [5.74, 6) is 0. The maximum absolute atomic E-state index is 2.34. The maximum Gasteiger partial charge on any atom is -0.00220 e. The van der Waals surface area contributed by atoms with Gasteiger partial charge in [-0.25, -0.2) is 0 Å². The third-order valence-corrected chi connectivity index (χ3v) is 7.11. The molecule has 0 aromatic carbocycles. The van der Waals surface area contributed by atoms with Crippen LogP contribution in [0, 0.1) is 0 Å². The first kappa shape index (κ1) is 85.3. The Morgan fingerprint density at radius 3 is 0.685 bits per heavy atom. The fraction of sp³-hybridized carbons (Fsp3) is 0.882. The van der Waals surface area contributed by atoms with Crippen LogP contribution in [0.4, 0.5) is 0 Å². The Hall–Kier alpha value is -0.900. The van der Waals surface area contributed by atoms with Crippen molar-refractivity contribution in [3.05, 3.63) is 36.5 Å². The molecule has 1 saturated carbocycles. The predicted molar refractivity (Wildman–Crippen MR) is 271 cm³/mol. The van der Waals surface area contributed by atoms with Crippen molar-refractivity contribution in [1.29, 1.82) is 0 Å². The van der Waals surface area contributed by atoms with E-state index in [4.69, 9.17) is 0 Å². The molecule has 0 aromatic heterocycles. The molecule has 0 amide bonds. The standard InChI is InChI=1S/3C7H17N.C5H10.C5H8.C5H6.6C2H6.3CH4/c3*1-4-6-7-8(3)5-2;3*1-2-4-5-3-1;6*1-2;;;/h3*4-7H2,1-3H3;1-5H2;1-2H,3-5H2;1-4H,5H2;6*1-2H3;3*1H4. The summed E-state index contributed by atoms with van der Waals surface area (Å²) >= 11 is 0. The number of nitrogens with zero attached hydrogens (tertiary/aromatic N) is 3. The molecule has 3 heteroatoms. The zero-order valence-corrected chi connectivity index (χ0v) is 40.7. The highest BCUT2D eigenvalue weighted by atomic mass is 15.1. The molecule has 0 radical (unpaired) electrons. The highest BCUT2D eigenvalue weighted by Gasteiger charge is 1.95. The second kappa shape index (κ2) is 110. The van der Waals surface area contributed by atoms with E-state index in [1.54, 1.807) is 0 Å². The smallest absolute Gasteiger partial charge is 0.00220 e. The number of rotatable bonds is 12. The van der Waals surface area contributed by atoms with Gasteiger partial charge >= 0.3 is 0 Å². The SMILES string of the molecule is C.C.C.C1=CCC=C1.C1=CCCC1.C1CCCC1.CC.CC.CC.CC.CC.CC.CCCCN(C)CC.CCCCN(C)CC.CCCCN(C)CC. The molecular weight excluding hydrogens is 655 g/mol. The van der Waals surface area contributed by atoms with Crippen molar-refractivity contribution in [1.82, 2.24) is 14.7 Å². The first-order chi connectivity index (χ1) is 24.9. The van der Waals surface area contributed by atoms with Crippen molar-refractivity contribution in [3.8, 4) is 0 Å². The molecule has 3 rings (SSSR count). The molecule has 0 spiro atoms. The van der Waals surface area contributed by atoms with Crippen LogP contribution < -0.4 is 0 Å². The molecule has 3 aliphatic rings. The zero-order valence-electron chi connectivity index (χ0n) is 40.7. The van der Waals surface area contributed by atoms with E-state index < -0.39 is 0 Å². The van der Waals surface area contributed by atoms with Crippen LogP contribution in [0.3, 0.4) is 0 Å². The molecule has 0 N–H and O–H groups in total. The Bertz CT molecular complexity index is 438.